The summed E-state index contributed by atoms with van der Waals surface area (Å²) in [6.07, 6.45) is 0. The maximum atomic E-state index is 13.0. The van der Waals surface area contributed by atoms with Crippen LogP contribution < -0.4 is 10.6 Å². The first-order valence-electron chi connectivity index (χ1n) is 8.30. The Labute approximate surface area is 162 Å². The molecule has 3 aromatic rings. The number of anilines is 2. The summed E-state index contributed by atoms with van der Waals surface area (Å²) in [5.41, 5.74) is 1.67. The highest BCUT2D eigenvalue weighted by Crippen LogP contribution is 2.22. The molecular formula is C19H20ClFN4O2. The normalized spacial score (nSPS) is 10.1. The van der Waals surface area contributed by atoms with Gasteiger partial charge in [0.15, 0.2) is 0 Å². The van der Waals surface area contributed by atoms with Crippen molar-refractivity contribution >= 4 is 41.0 Å². The highest BCUT2D eigenvalue weighted by molar-refractivity contribution is 5.90. The lowest BCUT2D eigenvalue weighted by atomic mass is 10.2. The molecule has 142 valence electrons. The summed E-state index contributed by atoms with van der Waals surface area (Å²) in [6, 6.07) is 13.8. The average molecular weight is 391 g/mol. The van der Waals surface area contributed by atoms with Gasteiger partial charge in [0.2, 0.25) is 5.95 Å². The number of benzene rings is 2. The van der Waals surface area contributed by atoms with Crippen LogP contribution in [-0.2, 0) is 16.1 Å². The summed E-state index contributed by atoms with van der Waals surface area (Å²) in [6.45, 7) is 2.55. The first kappa shape index (κ1) is 20.4. The number of carbonyl (C=O) groups excluding carboxylic acids is 1. The molecule has 27 heavy (non-hydrogen) atoms. The number of aromatic nitrogens is 2. The van der Waals surface area contributed by atoms with Crippen molar-refractivity contribution in [1.29, 1.82) is 0 Å². The van der Waals surface area contributed by atoms with Gasteiger partial charge in [-0.3, -0.25) is 4.79 Å². The van der Waals surface area contributed by atoms with Crippen LogP contribution in [0, 0.1) is 5.82 Å². The van der Waals surface area contributed by atoms with Gasteiger partial charge in [-0.2, -0.15) is 4.98 Å². The van der Waals surface area contributed by atoms with Gasteiger partial charge in [-0.15, -0.1) is 12.4 Å². The molecule has 0 saturated heterocycles. The Hall–Kier alpha value is -2.93. The highest BCUT2D eigenvalue weighted by atomic mass is 35.5. The summed E-state index contributed by atoms with van der Waals surface area (Å²) < 4.78 is 17.9. The minimum Gasteiger partial charge on any atom is -0.465 e. The van der Waals surface area contributed by atoms with E-state index in [2.05, 4.69) is 20.6 Å². The summed E-state index contributed by atoms with van der Waals surface area (Å²) in [4.78, 5) is 20.4. The van der Waals surface area contributed by atoms with E-state index in [0.29, 0.717) is 24.9 Å². The largest absolute Gasteiger partial charge is 0.465 e. The zero-order valence-corrected chi connectivity index (χ0v) is 15.6. The van der Waals surface area contributed by atoms with Gasteiger partial charge >= 0.3 is 5.97 Å². The standard InChI is InChI=1S/C19H19FN4O2.ClH/c1-2-26-17(25)12-22-19-23-16-6-4-3-5-15(16)18(24-19)21-11-13-7-9-14(20)10-8-13;/h3-10H,2,11-12H2,1H3,(H2,21,22,23,24);1H. The molecule has 0 fully saturated rings. The zero-order chi connectivity index (χ0) is 18.4. The number of esters is 1. The molecule has 0 aliphatic rings. The lowest BCUT2D eigenvalue weighted by molar-refractivity contribution is -0.140. The van der Waals surface area contributed by atoms with Crippen molar-refractivity contribution in [1.82, 2.24) is 9.97 Å². The molecule has 0 aliphatic carbocycles. The Morgan fingerprint density at radius 1 is 1.07 bits per heavy atom. The SMILES string of the molecule is CCOC(=O)CNc1nc(NCc2ccc(F)cc2)c2ccccc2n1.Cl. The van der Waals surface area contributed by atoms with Crippen LogP contribution in [0.1, 0.15) is 12.5 Å². The van der Waals surface area contributed by atoms with Crippen LogP contribution in [0.5, 0.6) is 0 Å². The number of rotatable bonds is 7. The van der Waals surface area contributed by atoms with Gasteiger partial charge in [0.05, 0.1) is 12.1 Å². The average Bonchev–Trinajstić information content (AvgIpc) is 2.66. The van der Waals surface area contributed by atoms with E-state index < -0.39 is 0 Å². The van der Waals surface area contributed by atoms with E-state index in [4.69, 9.17) is 4.74 Å². The van der Waals surface area contributed by atoms with Crippen LogP contribution in [0.2, 0.25) is 0 Å². The molecule has 8 heteroatoms. The fourth-order valence-electron chi connectivity index (χ4n) is 2.44. The molecule has 0 amide bonds. The Kier molecular flexibility index (Phi) is 7.31. The molecule has 3 rings (SSSR count). The van der Waals surface area contributed by atoms with Crippen molar-refractivity contribution in [2.24, 2.45) is 0 Å². The quantitative estimate of drug-likeness (QED) is 0.598. The summed E-state index contributed by atoms with van der Waals surface area (Å²) in [5.74, 6) is 0.321. The third kappa shape index (κ3) is 5.52. The lowest BCUT2D eigenvalue weighted by Gasteiger charge is -2.12. The van der Waals surface area contributed by atoms with Gasteiger partial charge in [-0.1, -0.05) is 24.3 Å². The Bertz CT molecular complexity index is 906. The second kappa shape index (κ2) is 9.68. The van der Waals surface area contributed by atoms with Gasteiger partial charge in [0.25, 0.3) is 0 Å². The van der Waals surface area contributed by atoms with Crippen molar-refractivity contribution in [3.05, 3.63) is 59.9 Å². The smallest absolute Gasteiger partial charge is 0.325 e. The fourth-order valence-corrected chi connectivity index (χ4v) is 2.44. The van der Waals surface area contributed by atoms with E-state index >= 15 is 0 Å². The predicted molar refractivity (Wildman–Crippen MR) is 106 cm³/mol. The monoisotopic (exact) mass is 390 g/mol. The van der Waals surface area contributed by atoms with Crippen LogP contribution in [0.4, 0.5) is 16.2 Å². The Balaban J connectivity index is 0.00000261. The first-order valence-corrected chi connectivity index (χ1v) is 8.30. The van der Waals surface area contributed by atoms with E-state index in [0.717, 1.165) is 16.5 Å². The van der Waals surface area contributed by atoms with Crippen LogP contribution >= 0.6 is 12.4 Å². The van der Waals surface area contributed by atoms with E-state index in [1.54, 1.807) is 19.1 Å². The van der Waals surface area contributed by atoms with Crippen LogP contribution in [0.15, 0.2) is 48.5 Å². The maximum Gasteiger partial charge on any atom is 0.325 e. The van der Waals surface area contributed by atoms with E-state index in [1.807, 2.05) is 24.3 Å². The van der Waals surface area contributed by atoms with Crippen LogP contribution in [0.25, 0.3) is 10.9 Å². The second-order valence-electron chi connectivity index (χ2n) is 5.55. The third-order valence-electron chi connectivity index (χ3n) is 3.67. The number of halogens is 2. The third-order valence-corrected chi connectivity index (χ3v) is 3.67. The Morgan fingerprint density at radius 2 is 1.81 bits per heavy atom. The molecule has 0 spiro atoms. The molecular weight excluding hydrogens is 371 g/mol. The zero-order valence-electron chi connectivity index (χ0n) is 14.7. The van der Waals surface area contributed by atoms with Gasteiger partial charge in [0, 0.05) is 11.9 Å². The van der Waals surface area contributed by atoms with Crippen LogP contribution in [0.3, 0.4) is 0 Å². The number of para-hydroxylation sites is 1. The number of nitrogens with one attached hydrogen (secondary N) is 2. The number of hydrogen-bond acceptors (Lipinski definition) is 6. The summed E-state index contributed by atoms with van der Waals surface area (Å²) >= 11 is 0. The highest BCUT2D eigenvalue weighted by Gasteiger charge is 2.09. The maximum absolute atomic E-state index is 13.0. The van der Waals surface area contributed by atoms with Crippen LogP contribution in [-0.4, -0.2) is 29.1 Å². The van der Waals surface area contributed by atoms with Crippen molar-refractivity contribution in [3.63, 3.8) is 0 Å². The minimum atomic E-state index is -0.370. The molecule has 6 nitrogen and oxygen atoms in total. The molecule has 0 radical (unpaired) electrons. The van der Waals surface area contributed by atoms with E-state index in [1.165, 1.54) is 12.1 Å². The molecule has 0 unspecified atom stereocenters. The van der Waals surface area contributed by atoms with Crippen molar-refractivity contribution in [2.75, 3.05) is 23.8 Å². The van der Waals surface area contributed by atoms with Gasteiger partial charge in [0.1, 0.15) is 18.2 Å². The predicted octanol–water partition coefficient (Wildman–Crippen LogP) is 3.78. The summed E-state index contributed by atoms with van der Waals surface area (Å²) in [7, 11) is 0. The molecule has 2 aromatic carbocycles. The second-order valence-corrected chi connectivity index (χ2v) is 5.55. The molecule has 1 aromatic heterocycles. The lowest BCUT2D eigenvalue weighted by Crippen LogP contribution is -2.18. The number of hydrogen-bond donors (Lipinski definition) is 2. The minimum absolute atomic E-state index is 0. The van der Waals surface area contributed by atoms with E-state index in [-0.39, 0.29) is 30.7 Å². The summed E-state index contributed by atoms with van der Waals surface area (Å²) in [5, 5.41) is 6.99. The van der Waals surface area contributed by atoms with Gasteiger partial charge < -0.3 is 15.4 Å². The van der Waals surface area contributed by atoms with Crippen molar-refractivity contribution in [2.45, 2.75) is 13.5 Å². The van der Waals surface area contributed by atoms with Gasteiger partial charge in [-0.05, 0) is 36.8 Å². The molecule has 0 aliphatic heterocycles. The van der Waals surface area contributed by atoms with Crippen molar-refractivity contribution in [3.8, 4) is 0 Å². The molecule has 0 atom stereocenters. The van der Waals surface area contributed by atoms with Gasteiger partial charge in [-0.25, -0.2) is 9.37 Å². The first-order chi connectivity index (χ1) is 12.7. The molecule has 2 N–H and O–H groups in total. The Morgan fingerprint density at radius 3 is 2.56 bits per heavy atom. The van der Waals surface area contributed by atoms with E-state index in [9.17, 15) is 9.18 Å². The fraction of sp³-hybridized carbons (Fsp3) is 0.211. The number of ether oxygens (including phenoxy) is 1. The number of fused-ring (bicyclic) bond motifs is 1. The topological polar surface area (TPSA) is 76.1 Å². The number of nitrogens with zero attached hydrogens (tertiary/aromatic N) is 2. The molecule has 0 bridgehead atoms. The number of carbonyl (C=O) groups is 1. The molecule has 1 heterocycles. The van der Waals surface area contributed by atoms with Crippen molar-refractivity contribution < 1.29 is 13.9 Å². The molecule has 0 saturated carbocycles.